The number of piperidine rings is 1. The molecule has 8 nitrogen and oxygen atoms in total. The van der Waals surface area contributed by atoms with Crippen LogP contribution in [0.2, 0.25) is 0 Å². The van der Waals surface area contributed by atoms with E-state index in [-0.39, 0.29) is 23.5 Å². The molecule has 2 amide bonds. The number of likely N-dealkylation sites (tertiary alicyclic amines) is 1. The van der Waals surface area contributed by atoms with E-state index in [2.05, 4.69) is 21.5 Å². The van der Waals surface area contributed by atoms with Gasteiger partial charge in [-0.3, -0.25) is 14.3 Å². The van der Waals surface area contributed by atoms with Gasteiger partial charge in [0.05, 0.1) is 18.6 Å². The number of ether oxygens (including phenoxy) is 1. The van der Waals surface area contributed by atoms with E-state index in [1.807, 2.05) is 54.9 Å². The maximum absolute atomic E-state index is 13.0. The van der Waals surface area contributed by atoms with Crippen molar-refractivity contribution in [2.45, 2.75) is 57.8 Å². The molecule has 2 aliphatic heterocycles. The summed E-state index contributed by atoms with van der Waals surface area (Å²) in [5.41, 5.74) is 4.21. The highest BCUT2D eigenvalue weighted by molar-refractivity contribution is 5.94. The Labute approximate surface area is 193 Å². The van der Waals surface area contributed by atoms with Crippen molar-refractivity contribution in [3.8, 4) is 0 Å². The highest BCUT2D eigenvalue weighted by Crippen LogP contribution is 2.37. The van der Waals surface area contributed by atoms with Crippen molar-refractivity contribution < 1.29 is 14.3 Å². The van der Waals surface area contributed by atoms with E-state index in [9.17, 15) is 9.59 Å². The van der Waals surface area contributed by atoms with E-state index in [4.69, 9.17) is 4.74 Å². The molecule has 8 heteroatoms. The fourth-order valence-electron chi connectivity index (χ4n) is 5.11. The van der Waals surface area contributed by atoms with Crippen LogP contribution in [-0.2, 0) is 36.0 Å². The Balaban J connectivity index is 1.24. The molecule has 1 spiro atoms. The van der Waals surface area contributed by atoms with Crippen LogP contribution in [0.25, 0.3) is 10.9 Å². The normalized spacial score (nSPS) is 17.5. The molecular weight excluding hydrogens is 418 g/mol. The van der Waals surface area contributed by atoms with Gasteiger partial charge in [0.25, 0.3) is 5.91 Å². The number of nitrogens with one attached hydrogen (secondary N) is 2. The van der Waals surface area contributed by atoms with Gasteiger partial charge in [0.2, 0.25) is 5.91 Å². The minimum Gasteiger partial charge on any atom is -0.370 e. The van der Waals surface area contributed by atoms with Gasteiger partial charge >= 0.3 is 0 Å². The number of amides is 2. The first-order valence-electron chi connectivity index (χ1n) is 11.7. The van der Waals surface area contributed by atoms with Gasteiger partial charge in [-0.25, -0.2) is 0 Å². The molecule has 2 aliphatic rings. The number of carbonyl (C=O) groups is 2. The quantitative estimate of drug-likeness (QED) is 0.641. The zero-order chi connectivity index (χ0) is 23.2. The van der Waals surface area contributed by atoms with E-state index >= 15 is 0 Å². The molecule has 2 N–H and O–H groups in total. The molecule has 5 rings (SSSR count). The van der Waals surface area contributed by atoms with Gasteiger partial charge < -0.3 is 19.9 Å². The van der Waals surface area contributed by atoms with Crippen LogP contribution in [0.15, 0.2) is 30.5 Å². The Morgan fingerprint density at radius 2 is 2.00 bits per heavy atom. The molecule has 0 aliphatic carbocycles. The smallest absolute Gasteiger partial charge is 0.272 e. The third-order valence-corrected chi connectivity index (χ3v) is 6.97. The number of hydrogen-bond donors (Lipinski definition) is 2. The highest BCUT2D eigenvalue weighted by Gasteiger charge is 2.42. The molecule has 0 atom stereocenters. The van der Waals surface area contributed by atoms with Crippen molar-refractivity contribution in [2.75, 3.05) is 13.1 Å². The predicted octanol–water partition coefficient (Wildman–Crippen LogP) is 2.72. The molecule has 1 fully saturated rings. The summed E-state index contributed by atoms with van der Waals surface area (Å²) in [6, 6.07) is 8.12. The average Bonchev–Trinajstić information content (AvgIpc) is 3.35. The Hall–Kier alpha value is -3.13. The third-order valence-electron chi connectivity index (χ3n) is 6.97. The number of aryl methyl sites for hydroxylation is 1. The number of benzene rings is 1. The summed E-state index contributed by atoms with van der Waals surface area (Å²) in [6.45, 7) is 5.61. The Morgan fingerprint density at radius 1 is 1.24 bits per heavy atom. The number of rotatable bonds is 4. The lowest BCUT2D eigenvalue weighted by Gasteiger charge is -2.44. The number of nitrogens with zero attached hydrogens (tertiary/aromatic N) is 3. The number of fused-ring (bicyclic) bond motifs is 2. The number of para-hydroxylation sites is 1. The molecule has 174 valence electrons. The van der Waals surface area contributed by atoms with Gasteiger partial charge in [-0.2, -0.15) is 5.10 Å². The molecule has 0 radical (unpaired) electrons. The van der Waals surface area contributed by atoms with Crippen LogP contribution in [0.1, 0.15) is 54.0 Å². The molecule has 2 aromatic heterocycles. The first-order valence-corrected chi connectivity index (χ1v) is 11.7. The monoisotopic (exact) mass is 449 g/mol. The van der Waals surface area contributed by atoms with Gasteiger partial charge in [-0.05, 0) is 38.3 Å². The fourth-order valence-corrected chi connectivity index (χ4v) is 5.11. The van der Waals surface area contributed by atoms with E-state index in [0.717, 1.165) is 40.6 Å². The van der Waals surface area contributed by atoms with Crippen LogP contribution in [0, 0.1) is 0 Å². The highest BCUT2D eigenvalue weighted by atomic mass is 16.5. The predicted molar refractivity (Wildman–Crippen MR) is 125 cm³/mol. The zero-order valence-electron chi connectivity index (χ0n) is 19.5. The molecule has 33 heavy (non-hydrogen) atoms. The molecule has 4 heterocycles. The lowest BCUT2D eigenvalue weighted by Crippen LogP contribution is -2.51. The van der Waals surface area contributed by atoms with Crippen LogP contribution in [-0.4, -0.2) is 56.2 Å². The Kier molecular flexibility index (Phi) is 5.48. The second-order valence-electron chi connectivity index (χ2n) is 9.59. The topological polar surface area (TPSA) is 92.2 Å². The van der Waals surface area contributed by atoms with Crippen LogP contribution >= 0.6 is 0 Å². The summed E-state index contributed by atoms with van der Waals surface area (Å²) in [6.07, 6.45) is 4.62. The van der Waals surface area contributed by atoms with Gasteiger partial charge in [0.15, 0.2) is 5.69 Å². The molecule has 0 unspecified atom stereocenters. The van der Waals surface area contributed by atoms with Crippen molar-refractivity contribution in [3.63, 3.8) is 0 Å². The van der Waals surface area contributed by atoms with E-state index in [0.29, 0.717) is 38.2 Å². The van der Waals surface area contributed by atoms with Gasteiger partial charge in [0, 0.05) is 61.0 Å². The van der Waals surface area contributed by atoms with Crippen LogP contribution in [0.4, 0.5) is 0 Å². The molecule has 1 aromatic carbocycles. The maximum atomic E-state index is 13.0. The summed E-state index contributed by atoms with van der Waals surface area (Å²) in [7, 11) is 1.89. The van der Waals surface area contributed by atoms with Crippen LogP contribution in [0.3, 0.4) is 0 Å². The lowest BCUT2D eigenvalue weighted by molar-refractivity contribution is -0.140. The lowest BCUT2D eigenvalue weighted by atomic mass is 9.83. The second kappa shape index (κ2) is 8.33. The van der Waals surface area contributed by atoms with Crippen LogP contribution in [0.5, 0.6) is 0 Å². The minimum absolute atomic E-state index is 0.0529. The molecular formula is C25H31N5O3. The largest absolute Gasteiger partial charge is 0.370 e. The second-order valence-corrected chi connectivity index (χ2v) is 9.59. The molecule has 0 bridgehead atoms. The summed E-state index contributed by atoms with van der Waals surface area (Å²) < 4.78 is 8.18. The first-order chi connectivity index (χ1) is 15.8. The van der Waals surface area contributed by atoms with Gasteiger partial charge in [-0.1, -0.05) is 18.2 Å². The standard InChI is InChI=1S/C25H31N5O3/c1-16(2)27-24(32)23-19-15-33-25(13-21(19)29(3)28-23)8-10-30(11-9-25)22(31)12-17-14-26-20-7-5-4-6-18(17)20/h4-7,14,16,26H,8-13,15H2,1-3H3,(H,27,32). The van der Waals surface area contributed by atoms with E-state index < -0.39 is 0 Å². The third kappa shape index (κ3) is 4.04. The summed E-state index contributed by atoms with van der Waals surface area (Å²) in [4.78, 5) is 30.8. The van der Waals surface area contributed by atoms with E-state index in [1.54, 1.807) is 0 Å². The summed E-state index contributed by atoms with van der Waals surface area (Å²) in [5, 5.41) is 8.52. The number of hydrogen-bond acceptors (Lipinski definition) is 4. The van der Waals surface area contributed by atoms with Crippen molar-refractivity contribution >= 4 is 22.7 Å². The van der Waals surface area contributed by atoms with Crippen molar-refractivity contribution in [3.05, 3.63) is 53.0 Å². The molecule has 1 saturated heterocycles. The first kappa shape index (κ1) is 21.7. The number of aromatic amines is 1. The van der Waals surface area contributed by atoms with Gasteiger partial charge in [0.1, 0.15) is 0 Å². The zero-order valence-corrected chi connectivity index (χ0v) is 19.5. The summed E-state index contributed by atoms with van der Waals surface area (Å²) >= 11 is 0. The van der Waals surface area contributed by atoms with E-state index in [1.165, 1.54) is 0 Å². The summed E-state index contributed by atoms with van der Waals surface area (Å²) in [5.74, 6) is -0.00151. The molecule has 3 aromatic rings. The Morgan fingerprint density at radius 3 is 2.76 bits per heavy atom. The van der Waals surface area contributed by atoms with Gasteiger partial charge in [-0.15, -0.1) is 0 Å². The number of aromatic nitrogens is 3. The van der Waals surface area contributed by atoms with Crippen LogP contribution < -0.4 is 5.32 Å². The van der Waals surface area contributed by atoms with Crippen molar-refractivity contribution in [1.29, 1.82) is 0 Å². The fraction of sp³-hybridized carbons (Fsp3) is 0.480. The number of carbonyl (C=O) groups excluding carboxylic acids is 2. The maximum Gasteiger partial charge on any atom is 0.272 e. The Bertz CT molecular complexity index is 1200. The average molecular weight is 450 g/mol. The minimum atomic E-state index is -0.301. The molecule has 0 saturated carbocycles. The van der Waals surface area contributed by atoms with Crippen molar-refractivity contribution in [1.82, 2.24) is 25.0 Å². The SMILES string of the molecule is CC(C)NC(=O)c1nn(C)c2c1COC1(CCN(C(=O)Cc3c[nH]c4ccccc34)CC1)C2. The van der Waals surface area contributed by atoms with Crippen molar-refractivity contribution in [2.24, 2.45) is 7.05 Å². The number of H-pyrrole nitrogens is 1.